The van der Waals surface area contributed by atoms with Crippen molar-refractivity contribution in [2.75, 3.05) is 17.4 Å². The Labute approximate surface area is 125 Å². The molecule has 0 unspecified atom stereocenters. The summed E-state index contributed by atoms with van der Waals surface area (Å²) in [5.74, 6) is 0.567. The third kappa shape index (κ3) is 3.25. The molecule has 0 bridgehead atoms. The number of aromatic amines is 1. The van der Waals surface area contributed by atoms with Crippen molar-refractivity contribution in [3.63, 3.8) is 0 Å². The summed E-state index contributed by atoms with van der Waals surface area (Å²) in [6.07, 6.45) is 1.93. The van der Waals surface area contributed by atoms with Crippen LogP contribution >= 0.6 is 0 Å². The number of sulfonamides is 1. The molecule has 114 valence electrons. The number of nitrogens with one attached hydrogen (secondary N) is 1. The summed E-state index contributed by atoms with van der Waals surface area (Å²) in [6, 6.07) is 7.39. The summed E-state index contributed by atoms with van der Waals surface area (Å²) in [7, 11) is -3.67. The first-order chi connectivity index (χ1) is 9.96. The lowest BCUT2D eigenvalue weighted by Crippen LogP contribution is -2.33. The minimum Gasteiger partial charge on any atom is -0.332 e. The van der Waals surface area contributed by atoms with Crippen LogP contribution < -0.4 is 10.0 Å². The van der Waals surface area contributed by atoms with E-state index in [1.165, 1.54) is 10.5 Å². The minimum absolute atomic E-state index is 0.0975. The number of imidazole rings is 1. The average molecular weight is 308 g/mol. The van der Waals surface area contributed by atoms with E-state index in [1.807, 2.05) is 25.1 Å². The van der Waals surface area contributed by atoms with Crippen LogP contribution in [0.2, 0.25) is 0 Å². The summed E-state index contributed by atoms with van der Waals surface area (Å²) < 4.78 is 27.0. The van der Waals surface area contributed by atoms with Gasteiger partial charge in [-0.05, 0) is 38.4 Å². The molecule has 0 spiro atoms. The number of rotatable bonds is 6. The molecule has 0 atom stereocenters. The predicted molar refractivity (Wildman–Crippen MR) is 82.7 cm³/mol. The quantitative estimate of drug-likeness (QED) is 0.847. The maximum atomic E-state index is 12.8. The van der Waals surface area contributed by atoms with E-state index in [-0.39, 0.29) is 5.03 Å². The number of para-hydroxylation sites is 1. The molecule has 3 N–H and O–H groups in total. The Hall–Kier alpha value is -1.86. The second kappa shape index (κ2) is 6.28. The van der Waals surface area contributed by atoms with Gasteiger partial charge < -0.3 is 10.7 Å². The van der Waals surface area contributed by atoms with Gasteiger partial charge >= 0.3 is 0 Å². The molecule has 0 saturated carbocycles. The minimum atomic E-state index is -3.67. The first kappa shape index (κ1) is 15.5. The van der Waals surface area contributed by atoms with Gasteiger partial charge in [0.05, 0.1) is 11.9 Å². The lowest BCUT2D eigenvalue weighted by molar-refractivity contribution is 0.586. The number of nitrogens with zero attached hydrogens (tertiary/aromatic N) is 2. The van der Waals surface area contributed by atoms with Gasteiger partial charge in [-0.15, -0.1) is 0 Å². The molecule has 2 aromatic rings. The Morgan fingerprint density at radius 2 is 2.00 bits per heavy atom. The molecule has 0 radical (unpaired) electrons. The van der Waals surface area contributed by atoms with Crippen molar-refractivity contribution in [1.82, 2.24) is 9.97 Å². The zero-order valence-corrected chi connectivity index (χ0v) is 13.0. The van der Waals surface area contributed by atoms with Crippen LogP contribution in [0.3, 0.4) is 0 Å². The monoisotopic (exact) mass is 308 g/mol. The van der Waals surface area contributed by atoms with Crippen LogP contribution in [0.1, 0.15) is 17.8 Å². The van der Waals surface area contributed by atoms with Crippen LogP contribution in [0.4, 0.5) is 5.69 Å². The maximum Gasteiger partial charge on any atom is 0.281 e. The van der Waals surface area contributed by atoms with Crippen molar-refractivity contribution < 1.29 is 8.42 Å². The Bertz CT molecular complexity index is 709. The first-order valence-electron chi connectivity index (χ1n) is 6.77. The summed E-state index contributed by atoms with van der Waals surface area (Å²) in [5.41, 5.74) is 7.10. The van der Waals surface area contributed by atoms with E-state index in [1.54, 1.807) is 13.0 Å². The molecule has 0 saturated heterocycles. The zero-order chi connectivity index (χ0) is 15.5. The zero-order valence-electron chi connectivity index (χ0n) is 12.2. The highest BCUT2D eigenvalue weighted by atomic mass is 32.2. The van der Waals surface area contributed by atoms with Gasteiger partial charge in [-0.1, -0.05) is 18.2 Å². The molecule has 21 heavy (non-hydrogen) atoms. The van der Waals surface area contributed by atoms with E-state index >= 15 is 0 Å². The molecule has 2 rings (SSSR count). The number of hydrogen-bond donors (Lipinski definition) is 2. The third-order valence-corrected chi connectivity index (χ3v) is 4.92. The van der Waals surface area contributed by atoms with E-state index in [0.29, 0.717) is 31.0 Å². The van der Waals surface area contributed by atoms with Crippen LogP contribution in [0.15, 0.2) is 35.5 Å². The Morgan fingerprint density at radius 3 is 2.57 bits per heavy atom. The first-order valence-corrected chi connectivity index (χ1v) is 8.21. The lowest BCUT2D eigenvalue weighted by atomic mass is 10.2. The van der Waals surface area contributed by atoms with Gasteiger partial charge in [-0.2, -0.15) is 8.42 Å². The van der Waals surface area contributed by atoms with Crippen molar-refractivity contribution in [3.05, 3.63) is 41.9 Å². The van der Waals surface area contributed by atoms with Gasteiger partial charge in [0, 0.05) is 6.54 Å². The molecule has 1 heterocycles. The summed E-state index contributed by atoms with van der Waals surface area (Å²) in [4.78, 5) is 6.77. The Morgan fingerprint density at radius 1 is 1.29 bits per heavy atom. The fraction of sp³-hybridized carbons (Fsp3) is 0.357. The Kier molecular flexibility index (Phi) is 4.64. The topological polar surface area (TPSA) is 92.1 Å². The number of nitrogens with two attached hydrogens (primary N) is 1. The van der Waals surface area contributed by atoms with Crippen molar-refractivity contribution in [2.24, 2.45) is 5.73 Å². The second-order valence-electron chi connectivity index (χ2n) is 4.84. The lowest BCUT2D eigenvalue weighted by Gasteiger charge is -2.25. The molecule has 1 aromatic carbocycles. The van der Waals surface area contributed by atoms with Gasteiger partial charge in [-0.25, -0.2) is 4.98 Å². The summed E-state index contributed by atoms with van der Waals surface area (Å²) >= 11 is 0. The number of aryl methyl sites for hydroxylation is 2. The second-order valence-corrected chi connectivity index (χ2v) is 6.67. The Balaban J connectivity index is 2.48. The van der Waals surface area contributed by atoms with E-state index in [0.717, 1.165) is 5.56 Å². The molecule has 7 heteroatoms. The SMILES string of the molecule is Cc1ncc(S(=O)(=O)N(CCCN)c2ccccc2C)[nH]1. The normalized spacial score (nSPS) is 11.6. The summed E-state index contributed by atoms with van der Waals surface area (Å²) in [6.45, 7) is 4.37. The van der Waals surface area contributed by atoms with E-state index in [2.05, 4.69) is 9.97 Å². The van der Waals surface area contributed by atoms with Crippen molar-refractivity contribution in [3.8, 4) is 0 Å². The average Bonchev–Trinajstić information content (AvgIpc) is 2.88. The van der Waals surface area contributed by atoms with E-state index in [4.69, 9.17) is 5.73 Å². The highest BCUT2D eigenvalue weighted by Gasteiger charge is 2.27. The van der Waals surface area contributed by atoms with Gasteiger partial charge in [-0.3, -0.25) is 4.31 Å². The maximum absolute atomic E-state index is 12.8. The molecule has 0 amide bonds. The van der Waals surface area contributed by atoms with Crippen molar-refractivity contribution in [2.45, 2.75) is 25.3 Å². The van der Waals surface area contributed by atoms with Crippen LogP contribution in [-0.2, 0) is 10.0 Å². The van der Waals surface area contributed by atoms with Crippen LogP contribution in [0.5, 0.6) is 0 Å². The molecular weight excluding hydrogens is 288 g/mol. The van der Waals surface area contributed by atoms with Gasteiger partial charge in [0.15, 0.2) is 5.03 Å². The highest BCUT2D eigenvalue weighted by Crippen LogP contribution is 2.26. The van der Waals surface area contributed by atoms with Gasteiger partial charge in [0.2, 0.25) is 0 Å². The smallest absolute Gasteiger partial charge is 0.281 e. The molecular formula is C14H20N4O2S. The van der Waals surface area contributed by atoms with Gasteiger partial charge in [0.25, 0.3) is 10.0 Å². The molecule has 1 aromatic heterocycles. The summed E-state index contributed by atoms with van der Waals surface area (Å²) in [5, 5.41) is 0.0975. The van der Waals surface area contributed by atoms with E-state index < -0.39 is 10.0 Å². The third-order valence-electron chi connectivity index (χ3n) is 3.20. The molecule has 0 aliphatic rings. The van der Waals surface area contributed by atoms with Crippen molar-refractivity contribution >= 4 is 15.7 Å². The van der Waals surface area contributed by atoms with Crippen LogP contribution in [0.25, 0.3) is 0 Å². The molecule has 0 fully saturated rings. The molecule has 6 nitrogen and oxygen atoms in total. The largest absolute Gasteiger partial charge is 0.332 e. The number of benzene rings is 1. The number of H-pyrrole nitrogens is 1. The fourth-order valence-electron chi connectivity index (χ4n) is 2.10. The molecule has 0 aliphatic carbocycles. The molecule has 0 aliphatic heterocycles. The number of anilines is 1. The number of hydrogen-bond acceptors (Lipinski definition) is 4. The van der Waals surface area contributed by atoms with Crippen LogP contribution in [-0.4, -0.2) is 31.5 Å². The fourth-order valence-corrected chi connectivity index (χ4v) is 3.63. The predicted octanol–water partition coefficient (Wildman–Crippen LogP) is 1.57. The highest BCUT2D eigenvalue weighted by molar-refractivity contribution is 7.92. The van der Waals surface area contributed by atoms with Crippen molar-refractivity contribution in [1.29, 1.82) is 0 Å². The standard InChI is InChI=1S/C14H20N4O2S/c1-11-6-3-4-7-13(11)18(9-5-8-15)21(19,20)14-10-16-12(2)17-14/h3-4,6-7,10H,5,8-9,15H2,1-2H3,(H,16,17). The van der Waals surface area contributed by atoms with Gasteiger partial charge in [0.1, 0.15) is 5.82 Å². The number of aromatic nitrogens is 2. The van der Waals surface area contributed by atoms with Crippen LogP contribution in [0, 0.1) is 13.8 Å². The van der Waals surface area contributed by atoms with E-state index in [9.17, 15) is 8.42 Å².